The van der Waals surface area contributed by atoms with Crippen molar-refractivity contribution in [3.05, 3.63) is 41.7 Å². The minimum absolute atomic E-state index is 0.0218. The Morgan fingerprint density at radius 1 is 1.18 bits per heavy atom. The molecule has 0 bridgehead atoms. The molecule has 3 heterocycles. The fourth-order valence-electron chi connectivity index (χ4n) is 3.10. The number of carbonyl (C=O) groups is 1. The van der Waals surface area contributed by atoms with Crippen molar-refractivity contribution in [2.75, 3.05) is 13.1 Å². The maximum absolute atomic E-state index is 12.7. The molecule has 1 N–H and O–H groups in total. The first-order chi connectivity index (χ1) is 10.8. The highest BCUT2D eigenvalue weighted by Crippen LogP contribution is 2.37. The number of rotatable bonds is 3. The van der Waals surface area contributed by atoms with E-state index in [-0.39, 0.29) is 5.91 Å². The van der Waals surface area contributed by atoms with E-state index in [1.54, 1.807) is 18.5 Å². The molecule has 0 aromatic carbocycles. The fraction of sp³-hybridized carbons (Fsp3) is 0.500. The molecule has 0 radical (unpaired) electrons. The Kier molecular flexibility index (Phi) is 3.36. The van der Waals surface area contributed by atoms with Crippen molar-refractivity contribution in [2.45, 2.75) is 37.5 Å². The largest absolute Gasteiger partial charge is 0.337 e. The number of aromatic amines is 1. The van der Waals surface area contributed by atoms with Crippen molar-refractivity contribution in [3.8, 4) is 0 Å². The summed E-state index contributed by atoms with van der Waals surface area (Å²) in [5, 5.41) is 7.04. The number of piperidine rings is 1. The van der Waals surface area contributed by atoms with Crippen molar-refractivity contribution < 1.29 is 4.79 Å². The lowest BCUT2D eigenvalue weighted by Gasteiger charge is -2.32. The summed E-state index contributed by atoms with van der Waals surface area (Å²) in [6, 6.07) is 3.72. The Balaban J connectivity index is 1.51. The average molecular weight is 297 g/mol. The monoisotopic (exact) mass is 297 g/mol. The summed E-state index contributed by atoms with van der Waals surface area (Å²) in [7, 11) is 0. The zero-order chi connectivity index (χ0) is 14.9. The van der Waals surface area contributed by atoms with E-state index < -0.39 is 0 Å². The molecule has 1 aliphatic heterocycles. The van der Waals surface area contributed by atoms with Crippen LogP contribution in [0.25, 0.3) is 0 Å². The van der Waals surface area contributed by atoms with Crippen LogP contribution in [0.4, 0.5) is 0 Å². The Bertz CT molecular complexity index is 665. The second-order valence-corrected chi connectivity index (χ2v) is 6.18. The highest BCUT2D eigenvalue weighted by atomic mass is 16.2. The van der Waals surface area contributed by atoms with Crippen molar-refractivity contribution in [1.82, 2.24) is 25.1 Å². The summed E-state index contributed by atoms with van der Waals surface area (Å²) < 4.78 is 0. The molecule has 2 aromatic rings. The smallest absolute Gasteiger partial charge is 0.272 e. The number of nitrogens with one attached hydrogen (secondary N) is 1. The third kappa shape index (κ3) is 2.61. The van der Waals surface area contributed by atoms with Gasteiger partial charge in [-0.15, -0.1) is 0 Å². The number of nitrogens with zero attached hydrogens (tertiary/aromatic N) is 4. The van der Waals surface area contributed by atoms with Gasteiger partial charge < -0.3 is 4.90 Å². The molecule has 22 heavy (non-hydrogen) atoms. The molecule has 0 spiro atoms. The fourth-order valence-corrected chi connectivity index (χ4v) is 3.10. The van der Waals surface area contributed by atoms with Crippen LogP contribution in [0.15, 0.2) is 24.5 Å². The first-order valence-electron chi connectivity index (χ1n) is 7.93. The lowest BCUT2D eigenvalue weighted by molar-refractivity contribution is 0.0699. The predicted molar refractivity (Wildman–Crippen MR) is 80.5 cm³/mol. The van der Waals surface area contributed by atoms with Crippen LogP contribution in [-0.4, -0.2) is 44.1 Å². The molecular formula is C16H19N5O. The molecule has 114 valence electrons. The number of aromatic nitrogens is 4. The summed E-state index contributed by atoms with van der Waals surface area (Å²) in [4.78, 5) is 23.4. The molecular weight excluding hydrogens is 278 g/mol. The van der Waals surface area contributed by atoms with Gasteiger partial charge in [0.05, 0.1) is 0 Å². The topological polar surface area (TPSA) is 74.8 Å². The quantitative estimate of drug-likeness (QED) is 0.941. The maximum Gasteiger partial charge on any atom is 0.272 e. The molecule has 1 aliphatic carbocycles. The van der Waals surface area contributed by atoms with Gasteiger partial charge in [-0.25, -0.2) is 9.97 Å². The number of carbonyl (C=O) groups excluding carboxylic acids is 1. The van der Waals surface area contributed by atoms with Crippen molar-refractivity contribution >= 4 is 5.91 Å². The van der Waals surface area contributed by atoms with E-state index in [0.29, 0.717) is 17.5 Å². The van der Waals surface area contributed by atoms with Crippen LogP contribution in [0.5, 0.6) is 0 Å². The van der Waals surface area contributed by atoms with Gasteiger partial charge in [-0.05, 0) is 37.8 Å². The molecule has 1 atom stereocenters. The lowest BCUT2D eigenvalue weighted by Crippen LogP contribution is -2.39. The Labute approximate surface area is 129 Å². The minimum Gasteiger partial charge on any atom is -0.337 e. The van der Waals surface area contributed by atoms with Crippen LogP contribution in [0, 0.1) is 0 Å². The van der Waals surface area contributed by atoms with Crippen LogP contribution < -0.4 is 0 Å². The molecule has 2 aliphatic rings. The molecule has 6 nitrogen and oxygen atoms in total. The average Bonchev–Trinajstić information content (AvgIpc) is 3.29. The number of amides is 1. The summed E-state index contributed by atoms with van der Waals surface area (Å²) in [5.41, 5.74) is 1.64. The lowest BCUT2D eigenvalue weighted by atomic mass is 9.95. The van der Waals surface area contributed by atoms with Crippen molar-refractivity contribution in [3.63, 3.8) is 0 Å². The number of likely N-dealkylation sites (tertiary alicyclic amines) is 1. The van der Waals surface area contributed by atoms with E-state index in [1.165, 1.54) is 0 Å². The predicted octanol–water partition coefficient (Wildman–Crippen LogP) is 2.10. The van der Waals surface area contributed by atoms with Gasteiger partial charge >= 0.3 is 0 Å². The molecule has 2 aromatic heterocycles. The van der Waals surface area contributed by atoms with Gasteiger partial charge in [0, 0.05) is 43.0 Å². The minimum atomic E-state index is 0.0218. The Morgan fingerprint density at radius 2 is 2.09 bits per heavy atom. The van der Waals surface area contributed by atoms with Gasteiger partial charge in [0.1, 0.15) is 11.5 Å². The molecule has 4 rings (SSSR count). The summed E-state index contributed by atoms with van der Waals surface area (Å²) in [5.74, 6) is 1.65. The van der Waals surface area contributed by atoms with Crippen molar-refractivity contribution in [2.24, 2.45) is 0 Å². The number of hydrogen-bond acceptors (Lipinski definition) is 4. The van der Waals surface area contributed by atoms with Crippen LogP contribution in [0.1, 0.15) is 59.5 Å². The summed E-state index contributed by atoms with van der Waals surface area (Å²) in [6.07, 6.45) is 7.86. The molecule has 2 fully saturated rings. The van der Waals surface area contributed by atoms with Crippen molar-refractivity contribution in [1.29, 1.82) is 0 Å². The zero-order valence-corrected chi connectivity index (χ0v) is 12.4. The first-order valence-corrected chi connectivity index (χ1v) is 7.93. The number of hydrogen-bond donors (Lipinski definition) is 1. The second-order valence-electron chi connectivity index (χ2n) is 6.18. The van der Waals surface area contributed by atoms with Crippen LogP contribution in [-0.2, 0) is 0 Å². The van der Waals surface area contributed by atoms with E-state index in [9.17, 15) is 4.79 Å². The van der Waals surface area contributed by atoms with Gasteiger partial charge in [0.15, 0.2) is 0 Å². The normalized spacial score (nSPS) is 21.8. The first kappa shape index (κ1) is 13.4. The van der Waals surface area contributed by atoms with Gasteiger partial charge in [0.2, 0.25) is 0 Å². The van der Waals surface area contributed by atoms with Gasteiger partial charge in [-0.3, -0.25) is 9.89 Å². The number of H-pyrrole nitrogens is 1. The van der Waals surface area contributed by atoms with Gasteiger partial charge in [0.25, 0.3) is 5.91 Å². The molecule has 1 saturated carbocycles. The van der Waals surface area contributed by atoms with E-state index in [0.717, 1.165) is 50.3 Å². The SMILES string of the molecule is O=C(c1ccnc(C2CC2)n1)N1CCCC(c2ccn[nH]2)C1. The maximum atomic E-state index is 12.7. The third-order valence-corrected chi connectivity index (χ3v) is 4.51. The third-order valence-electron chi connectivity index (χ3n) is 4.51. The van der Waals surface area contributed by atoms with Crippen LogP contribution in [0.3, 0.4) is 0 Å². The molecule has 1 amide bonds. The Morgan fingerprint density at radius 3 is 2.86 bits per heavy atom. The van der Waals surface area contributed by atoms with E-state index in [4.69, 9.17) is 0 Å². The van der Waals surface area contributed by atoms with Gasteiger partial charge in [-0.1, -0.05) is 0 Å². The zero-order valence-electron chi connectivity index (χ0n) is 12.4. The Hall–Kier alpha value is -2.24. The highest BCUT2D eigenvalue weighted by molar-refractivity contribution is 5.92. The van der Waals surface area contributed by atoms with E-state index in [1.807, 2.05) is 11.0 Å². The molecule has 1 saturated heterocycles. The highest BCUT2D eigenvalue weighted by Gasteiger charge is 2.29. The second kappa shape index (κ2) is 5.51. The standard InChI is InChI=1S/C16H19N5O/c22-16(14-5-7-17-15(19-14)11-3-4-11)21-9-1-2-12(10-21)13-6-8-18-20-13/h5-8,11-12H,1-4,9-10H2,(H,18,20). The summed E-state index contributed by atoms with van der Waals surface area (Å²) >= 11 is 0. The van der Waals surface area contributed by atoms with Crippen LogP contribution >= 0.6 is 0 Å². The molecule has 1 unspecified atom stereocenters. The van der Waals surface area contributed by atoms with Gasteiger partial charge in [-0.2, -0.15) is 5.10 Å². The van der Waals surface area contributed by atoms with E-state index in [2.05, 4.69) is 20.2 Å². The summed E-state index contributed by atoms with van der Waals surface area (Å²) in [6.45, 7) is 1.52. The molecule has 6 heteroatoms. The van der Waals surface area contributed by atoms with Crippen LogP contribution in [0.2, 0.25) is 0 Å². The van der Waals surface area contributed by atoms with E-state index >= 15 is 0 Å².